The van der Waals surface area contributed by atoms with Gasteiger partial charge in [0, 0.05) is 48.5 Å². The molecule has 1 N–H and O–H groups in total. The molecular weight excluding hydrogens is 352 g/mol. The van der Waals surface area contributed by atoms with Gasteiger partial charge in [0.15, 0.2) is 0 Å². The number of benzene rings is 1. The fourth-order valence-corrected chi connectivity index (χ4v) is 4.08. The summed E-state index contributed by atoms with van der Waals surface area (Å²) in [5.74, 6) is 0. The predicted octanol–water partition coefficient (Wildman–Crippen LogP) is 3.29. The van der Waals surface area contributed by atoms with E-state index in [9.17, 15) is 4.79 Å². The van der Waals surface area contributed by atoms with Crippen LogP contribution in [0.2, 0.25) is 0 Å². The maximum Gasteiger partial charge on any atom is 0.345 e. The van der Waals surface area contributed by atoms with Crippen LogP contribution < -0.4 is 15.8 Å². The lowest BCUT2D eigenvalue weighted by Gasteiger charge is -2.37. The monoisotopic (exact) mass is 374 g/mol. The van der Waals surface area contributed by atoms with Crippen LogP contribution in [0.4, 0.5) is 5.69 Å². The van der Waals surface area contributed by atoms with E-state index in [0.29, 0.717) is 28.9 Å². The van der Waals surface area contributed by atoms with Crippen LogP contribution in [-0.2, 0) is 0 Å². The molecule has 0 spiro atoms. The lowest BCUT2D eigenvalue weighted by atomic mass is 10.1. The van der Waals surface area contributed by atoms with Gasteiger partial charge in [-0.3, -0.25) is 0 Å². The third-order valence-corrected chi connectivity index (χ3v) is 5.29. The molecule has 6 heteroatoms. The van der Waals surface area contributed by atoms with E-state index < -0.39 is 0 Å². The molecule has 0 unspecified atom stereocenters. The molecule has 4 heterocycles. The first-order valence-corrected chi connectivity index (χ1v) is 9.60. The Balaban J connectivity index is 1.55. The summed E-state index contributed by atoms with van der Waals surface area (Å²) < 4.78 is 7.44. The molecule has 0 saturated carbocycles. The zero-order valence-electron chi connectivity index (χ0n) is 15.9. The average Bonchev–Trinajstić information content (AvgIpc) is 3.10. The van der Waals surface area contributed by atoms with Crippen LogP contribution in [0.25, 0.3) is 27.7 Å². The van der Waals surface area contributed by atoms with E-state index in [1.54, 1.807) is 4.52 Å². The molecule has 3 aromatic heterocycles. The van der Waals surface area contributed by atoms with Crippen molar-refractivity contribution in [3.63, 3.8) is 0 Å². The maximum atomic E-state index is 12.7. The average molecular weight is 374 g/mol. The van der Waals surface area contributed by atoms with Crippen molar-refractivity contribution in [1.82, 2.24) is 14.9 Å². The van der Waals surface area contributed by atoms with Gasteiger partial charge < -0.3 is 14.6 Å². The number of rotatable bonds is 2. The third-order valence-electron chi connectivity index (χ3n) is 5.29. The standard InChI is InChI=1S/C22H22N4O2/c1-14-12-25(13-15(2)23-14)17-7-6-16-9-19(22(27)28-21(16)11-17)20-10-18-5-3-4-8-26(18)24-20/h3-11,14-15,23H,12-13H2,1-2H3/t14-,15+. The second-order valence-electron chi connectivity index (χ2n) is 7.64. The molecule has 1 aliphatic rings. The van der Waals surface area contributed by atoms with E-state index in [1.165, 1.54) is 0 Å². The van der Waals surface area contributed by atoms with Crippen LogP contribution in [0.15, 0.2) is 63.9 Å². The van der Waals surface area contributed by atoms with E-state index in [1.807, 2.05) is 48.7 Å². The largest absolute Gasteiger partial charge is 0.422 e. The molecule has 1 saturated heterocycles. The number of hydrogen-bond acceptors (Lipinski definition) is 5. The molecule has 2 atom stereocenters. The minimum atomic E-state index is -0.366. The Morgan fingerprint density at radius 3 is 2.68 bits per heavy atom. The summed E-state index contributed by atoms with van der Waals surface area (Å²) >= 11 is 0. The first kappa shape index (κ1) is 17.0. The first-order valence-electron chi connectivity index (χ1n) is 9.60. The van der Waals surface area contributed by atoms with Crippen molar-refractivity contribution >= 4 is 22.2 Å². The van der Waals surface area contributed by atoms with E-state index in [-0.39, 0.29) is 5.63 Å². The first-order chi connectivity index (χ1) is 13.6. The second-order valence-corrected chi connectivity index (χ2v) is 7.64. The van der Waals surface area contributed by atoms with Crippen molar-refractivity contribution in [2.75, 3.05) is 18.0 Å². The van der Waals surface area contributed by atoms with Gasteiger partial charge in [-0.1, -0.05) is 6.07 Å². The highest BCUT2D eigenvalue weighted by molar-refractivity contribution is 5.84. The zero-order chi connectivity index (χ0) is 19.3. The number of fused-ring (bicyclic) bond motifs is 2. The molecule has 0 bridgehead atoms. The van der Waals surface area contributed by atoms with Crippen molar-refractivity contribution in [1.29, 1.82) is 0 Å². The molecule has 1 aliphatic heterocycles. The van der Waals surface area contributed by atoms with Crippen molar-refractivity contribution in [2.45, 2.75) is 25.9 Å². The minimum absolute atomic E-state index is 0.366. The third kappa shape index (κ3) is 2.96. The Labute approximate surface area is 162 Å². The lowest BCUT2D eigenvalue weighted by Crippen LogP contribution is -2.54. The SMILES string of the molecule is C[C@@H]1CN(c2ccc3cc(-c4cc5ccccn5n4)c(=O)oc3c2)C[C@H](C)N1. The van der Waals surface area contributed by atoms with Crippen molar-refractivity contribution in [2.24, 2.45) is 0 Å². The fraction of sp³-hybridized carbons (Fsp3) is 0.273. The molecule has 6 nitrogen and oxygen atoms in total. The lowest BCUT2D eigenvalue weighted by molar-refractivity contribution is 0.407. The summed E-state index contributed by atoms with van der Waals surface area (Å²) in [6, 6.07) is 16.5. The molecule has 0 amide bonds. The van der Waals surface area contributed by atoms with E-state index in [4.69, 9.17) is 4.42 Å². The van der Waals surface area contributed by atoms with Gasteiger partial charge in [0.2, 0.25) is 0 Å². The zero-order valence-corrected chi connectivity index (χ0v) is 15.9. The molecule has 28 heavy (non-hydrogen) atoms. The molecule has 1 fully saturated rings. The number of aromatic nitrogens is 2. The van der Waals surface area contributed by atoms with Gasteiger partial charge in [-0.25, -0.2) is 9.31 Å². The normalized spacial score (nSPS) is 20.1. The van der Waals surface area contributed by atoms with Crippen LogP contribution in [0, 0.1) is 0 Å². The number of hydrogen-bond donors (Lipinski definition) is 1. The van der Waals surface area contributed by atoms with Gasteiger partial charge in [-0.15, -0.1) is 0 Å². The van der Waals surface area contributed by atoms with Gasteiger partial charge in [-0.2, -0.15) is 5.10 Å². The summed E-state index contributed by atoms with van der Waals surface area (Å²) in [5, 5.41) is 8.93. The second kappa shape index (κ2) is 6.49. The molecule has 5 rings (SSSR count). The molecular formula is C22H22N4O2. The summed E-state index contributed by atoms with van der Waals surface area (Å²) in [7, 11) is 0. The Morgan fingerprint density at radius 1 is 1.07 bits per heavy atom. The summed E-state index contributed by atoms with van der Waals surface area (Å²) in [6.45, 7) is 6.23. The Hall–Kier alpha value is -3.12. The molecule has 1 aromatic carbocycles. The molecule has 4 aromatic rings. The van der Waals surface area contributed by atoms with Crippen molar-refractivity contribution < 1.29 is 4.42 Å². The van der Waals surface area contributed by atoms with Gasteiger partial charge in [0.1, 0.15) is 11.3 Å². The Bertz CT molecular complexity index is 1180. The van der Waals surface area contributed by atoms with E-state index in [2.05, 4.69) is 35.2 Å². The van der Waals surface area contributed by atoms with Gasteiger partial charge in [0.25, 0.3) is 0 Å². The molecule has 0 aliphatic carbocycles. The van der Waals surface area contributed by atoms with E-state index >= 15 is 0 Å². The number of piperazine rings is 1. The predicted molar refractivity (Wildman–Crippen MR) is 111 cm³/mol. The quantitative estimate of drug-likeness (QED) is 0.546. The minimum Gasteiger partial charge on any atom is -0.422 e. The number of nitrogens with one attached hydrogen (secondary N) is 1. The molecule has 142 valence electrons. The van der Waals surface area contributed by atoms with Gasteiger partial charge in [0.05, 0.1) is 11.1 Å². The summed E-state index contributed by atoms with van der Waals surface area (Å²) in [4.78, 5) is 15.0. The Kier molecular flexibility index (Phi) is 3.94. The maximum absolute atomic E-state index is 12.7. The highest BCUT2D eigenvalue weighted by atomic mass is 16.4. The fourth-order valence-electron chi connectivity index (χ4n) is 4.08. The summed E-state index contributed by atoms with van der Waals surface area (Å²) in [5.41, 5.74) is 3.36. The smallest absolute Gasteiger partial charge is 0.345 e. The van der Waals surface area contributed by atoms with E-state index in [0.717, 1.165) is 29.7 Å². The van der Waals surface area contributed by atoms with Gasteiger partial charge >= 0.3 is 5.63 Å². The Morgan fingerprint density at radius 2 is 1.89 bits per heavy atom. The van der Waals surface area contributed by atoms with Crippen LogP contribution in [0.1, 0.15) is 13.8 Å². The highest BCUT2D eigenvalue weighted by Crippen LogP contribution is 2.26. The highest BCUT2D eigenvalue weighted by Gasteiger charge is 2.21. The summed E-state index contributed by atoms with van der Waals surface area (Å²) in [6.07, 6.45) is 1.86. The van der Waals surface area contributed by atoms with Crippen LogP contribution in [-0.4, -0.2) is 34.8 Å². The number of pyridine rings is 1. The number of nitrogens with zero attached hydrogens (tertiary/aromatic N) is 3. The van der Waals surface area contributed by atoms with Crippen LogP contribution >= 0.6 is 0 Å². The van der Waals surface area contributed by atoms with Gasteiger partial charge in [-0.05, 0) is 50.2 Å². The number of anilines is 1. The van der Waals surface area contributed by atoms with Crippen molar-refractivity contribution in [3.05, 3.63) is 65.1 Å². The van der Waals surface area contributed by atoms with Crippen LogP contribution in [0.3, 0.4) is 0 Å². The molecule has 0 radical (unpaired) electrons. The van der Waals surface area contributed by atoms with Crippen molar-refractivity contribution in [3.8, 4) is 11.3 Å². The topological polar surface area (TPSA) is 62.8 Å². The van der Waals surface area contributed by atoms with Crippen LogP contribution in [0.5, 0.6) is 0 Å².